The number of hydrogen-bond donors (Lipinski definition) is 2. The molecule has 0 saturated carbocycles. The maximum absolute atomic E-state index is 11.1. The van der Waals surface area contributed by atoms with E-state index in [1.165, 1.54) is 0 Å². The third-order valence-corrected chi connectivity index (χ3v) is 3.19. The minimum absolute atomic E-state index is 0.161. The van der Waals surface area contributed by atoms with Crippen molar-refractivity contribution in [2.75, 3.05) is 13.2 Å². The standard InChI is InChI=1S/C16H25NO3/c1-5-9-17-10-13-8-6-7-12(2)14(13)20-11-16(3,4)15(18)19/h6-8,17H,5,9-11H2,1-4H3,(H,18,19). The largest absolute Gasteiger partial charge is 0.492 e. The van der Waals surface area contributed by atoms with Gasteiger partial charge in [-0.05, 0) is 39.3 Å². The monoisotopic (exact) mass is 279 g/mol. The minimum Gasteiger partial charge on any atom is -0.492 e. The van der Waals surface area contributed by atoms with E-state index in [1.807, 2.05) is 25.1 Å². The van der Waals surface area contributed by atoms with Gasteiger partial charge in [-0.3, -0.25) is 4.79 Å². The van der Waals surface area contributed by atoms with E-state index in [1.54, 1.807) is 13.8 Å². The van der Waals surface area contributed by atoms with Crippen molar-refractivity contribution < 1.29 is 14.6 Å². The zero-order chi connectivity index (χ0) is 15.2. The molecule has 4 nitrogen and oxygen atoms in total. The van der Waals surface area contributed by atoms with Gasteiger partial charge in [0.05, 0.1) is 5.41 Å². The van der Waals surface area contributed by atoms with Crippen LogP contribution in [-0.2, 0) is 11.3 Å². The summed E-state index contributed by atoms with van der Waals surface area (Å²) in [5, 5.41) is 12.5. The molecule has 0 atom stereocenters. The van der Waals surface area contributed by atoms with Crippen LogP contribution >= 0.6 is 0 Å². The molecule has 0 aliphatic heterocycles. The van der Waals surface area contributed by atoms with E-state index < -0.39 is 11.4 Å². The van der Waals surface area contributed by atoms with Gasteiger partial charge in [-0.25, -0.2) is 0 Å². The molecular formula is C16H25NO3. The topological polar surface area (TPSA) is 58.6 Å². The Balaban J connectivity index is 2.80. The van der Waals surface area contributed by atoms with Crippen LogP contribution in [0.5, 0.6) is 5.75 Å². The van der Waals surface area contributed by atoms with E-state index in [4.69, 9.17) is 9.84 Å². The van der Waals surface area contributed by atoms with Gasteiger partial charge < -0.3 is 15.2 Å². The maximum Gasteiger partial charge on any atom is 0.312 e. The second kappa shape index (κ2) is 7.29. The molecule has 0 aromatic heterocycles. The number of rotatable bonds is 8. The van der Waals surface area contributed by atoms with Crippen molar-refractivity contribution in [1.29, 1.82) is 0 Å². The summed E-state index contributed by atoms with van der Waals surface area (Å²) < 4.78 is 5.80. The van der Waals surface area contributed by atoms with Gasteiger partial charge in [0.1, 0.15) is 12.4 Å². The number of aliphatic carboxylic acids is 1. The van der Waals surface area contributed by atoms with Crippen molar-refractivity contribution in [2.24, 2.45) is 5.41 Å². The van der Waals surface area contributed by atoms with Crippen molar-refractivity contribution in [2.45, 2.75) is 40.7 Å². The van der Waals surface area contributed by atoms with Crippen LogP contribution in [0.4, 0.5) is 0 Å². The van der Waals surface area contributed by atoms with E-state index in [2.05, 4.69) is 12.2 Å². The summed E-state index contributed by atoms with van der Waals surface area (Å²) in [6, 6.07) is 5.98. The number of carboxylic acid groups (broad SMARTS) is 1. The number of hydrogen-bond acceptors (Lipinski definition) is 3. The van der Waals surface area contributed by atoms with Crippen LogP contribution < -0.4 is 10.1 Å². The average Bonchev–Trinajstić information content (AvgIpc) is 2.38. The van der Waals surface area contributed by atoms with Crippen molar-refractivity contribution in [3.63, 3.8) is 0 Å². The summed E-state index contributed by atoms with van der Waals surface area (Å²) in [5.41, 5.74) is 1.21. The summed E-state index contributed by atoms with van der Waals surface area (Å²) in [6.45, 7) is 9.29. The van der Waals surface area contributed by atoms with Gasteiger partial charge in [0.25, 0.3) is 0 Å². The molecule has 2 N–H and O–H groups in total. The molecule has 0 aliphatic rings. The lowest BCUT2D eigenvalue weighted by Gasteiger charge is -2.22. The molecule has 0 aliphatic carbocycles. The van der Waals surface area contributed by atoms with Gasteiger partial charge >= 0.3 is 5.97 Å². The Morgan fingerprint density at radius 2 is 2.10 bits per heavy atom. The molecule has 0 amide bonds. The van der Waals surface area contributed by atoms with Crippen LogP contribution in [-0.4, -0.2) is 24.2 Å². The van der Waals surface area contributed by atoms with Crippen LogP contribution in [0.1, 0.15) is 38.3 Å². The summed E-state index contributed by atoms with van der Waals surface area (Å²) in [4.78, 5) is 11.1. The highest BCUT2D eigenvalue weighted by molar-refractivity contribution is 5.73. The SMILES string of the molecule is CCCNCc1cccc(C)c1OCC(C)(C)C(=O)O. The molecule has 20 heavy (non-hydrogen) atoms. The van der Waals surface area contributed by atoms with E-state index in [0.29, 0.717) is 0 Å². The van der Waals surface area contributed by atoms with E-state index in [-0.39, 0.29) is 6.61 Å². The highest BCUT2D eigenvalue weighted by atomic mass is 16.5. The Morgan fingerprint density at radius 3 is 2.70 bits per heavy atom. The molecule has 0 radical (unpaired) electrons. The fraction of sp³-hybridized carbons (Fsp3) is 0.562. The third-order valence-electron chi connectivity index (χ3n) is 3.19. The van der Waals surface area contributed by atoms with Crippen LogP contribution in [0, 0.1) is 12.3 Å². The van der Waals surface area contributed by atoms with Crippen LogP contribution in [0.2, 0.25) is 0 Å². The first-order chi connectivity index (χ1) is 9.38. The second-order valence-electron chi connectivity index (χ2n) is 5.72. The van der Waals surface area contributed by atoms with Gasteiger partial charge in [0, 0.05) is 12.1 Å². The van der Waals surface area contributed by atoms with Crippen LogP contribution in [0.25, 0.3) is 0 Å². The molecule has 0 saturated heterocycles. The molecule has 4 heteroatoms. The average molecular weight is 279 g/mol. The molecule has 0 fully saturated rings. The van der Waals surface area contributed by atoms with Gasteiger partial charge in [0.2, 0.25) is 0 Å². The number of benzene rings is 1. The van der Waals surface area contributed by atoms with Gasteiger partial charge in [0.15, 0.2) is 0 Å². The summed E-state index contributed by atoms with van der Waals surface area (Å²) in [6.07, 6.45) is 1.08. The molecule has 0 heterocycles. The van der Waals surface area contributed by atoms with Crippen molar-refractivity contribution in [3.8, 4) is 5.75 Å². The van der Waals surface area contributed by atoms with E-state index in [9.17, 15) is 4.79 Å². The fourth-order valence-corrected chi connectivity index (χ4v) is 1.77. The lowest BCUT2D eigenvalue weighted by Crippen LogP contribution is -2.31. The van der Waals surface area contributed by atoms with Crippen molar-refractivity contribution >= 4 is 5.97 Å². The van der Waals surface area contributed by atoms with Crippen LogP contribution in [0.3, 0.4) is 0 Å². The summed E-state index contributed by atoms with van der Waals surface area (Å²) in [7, 11) is 0. The summed E-state index contributed by atoms with van der Waals surface area (Å²) in [5.74, 6) is -0.0535. The normalized spacial score (nSPS) is 11.4. The predicted molar refractivity (Wildman–Crippen MR) is 80.1 cm³/mol. The zero-order valence-corrected chi connectivity index (χ0v) is 12.8. The molecule has 0 spiro atoms. The maximum atomic E-state index is 11.1. The molecule has 0 bridgehead atoms. The fourth-order valence-electron chi connectivity index (χ4n) is 1.77. The lowest BCUT2D eigenvalue weighted by atomic mass is 9.95. The molecule has 112 valence electrons. The zero-order valence-electron chi connectivity index (χ0n) is 12.8. The van der Waals surface area contributed by atoms with Crippen LogP contribution in [0.15, 0.2) is 18.2 Å². The Kier molecular flexibility index (Phi) is 6.02. The highest BCUT2D eigenvalue weighted by Crippen LogP contribution is 2.26. The second-order valence-corrected chi connectivity index (χ2v) is 5.72. The number of nitrogens with one attached hydrogen (secondary N) is 1. The predicted octanol–water partition coefficient (Wildman–Crippen LogP) is 2.98. The first-order valence-electron chi connectivity index (χ1n) is 7.04. The van der Waals surface area contributed by atoms with Crippen molar-refractivity contribution in [3.05, 3.63) is 29.3 Å². The number of carboxylic acids is 1. The smallest absolute Gasteiger partial charge is 0.312 e. The highest BCUT2D eigenvalue weighted by Gasteiger charge is 2.28. The van der Waals surface area contributed by atoms with Crippen molar-refractivity contribution in [1.82, 2.24) is 5.32 Å². The Labute approximate surface area is 121 Å². The van der Waals surface area contributed by atoms with Gasteiger partial charge in [-0.15, -0.1) is 0 Å². The lowest BCUT2D eigenvalue weighted by molar-refractivity contribution is -0.148. The molecule has 1 rings (SSSR count). The number of para-hydroxylation sites is 1. The van der Waals surface area contributed by atoms with E-state index >= 15 is 0 Å². The quantitative estimate of drug-likeness (QED) is 0.718. The van der Waals surface area contributed by atoms with E-state index in [0.717, 1.165) is 36.4 Å². The van der Waals surface area contributed by atoms with Gasteiger partial charge in [-0.1, -0.05) is 25.1 Å². The summed E-state index contributed by atoms with van der Waals surface area (Å²) >= 11 is 0. The van der Waals surface area contributed by atoms with Gasteiger partial charge in [-0.2, -0.15) is 0 Å². The molecule has 0 unspecified atom stereocenters. The number of ether oxygens (including phenoxy) is 1. The Hall–Kier alpha value is -1.55. The first kappa shape index (κ1) is 16.5. The number of aryl methyl sites for hydroxylation is 1. The Morgan fingerprint density at radius 1 is 1.40 bits per heavy atom. The number of carbonyl (C=O) groups is 1. The molecular weight excluding hydrogens is 254 g/mol. The third kappa shape index (κ3) is 4.53. The minimum atomic E-state index is -0.892. The molecule has 1 aromatic rings. The Bertz CT molecular complexity index is 455. The first-order valence-corrected chi connectivity index (χ1v) is 7.04. The molecule has 1 aromatic carbocycles.